The number of pyridine rings is 1. The third-order valence-corrected chi connectivity index (χ3v) is 4.67. The monoisotopic (exact) mass is 451 g/mol. The van der Waals surface area contributed by atoms with Crippen LogP contribution in [0.3, 0.4) is 0 Å². The summed E-state index contributed by atoms with van der Waals surface area (Å²) >= 11 is 0. The number of carbonyl (C=O) groups is 1. The van der Waals surface area contributed by atoms with Crippen molar-refractivity contribution in [2.24, 2.45) is 0 Å². The minimum Gasteiger partial charge on any atom is -0.493 e. The molecule has 1 amide bonds. The molecule has 0 bridgehead atoms. The van der Waals surface area contributed by atoms with Gasteiger partial charge in [0.15, 0.2) is 11.5 Å². The van der Waals surface area contributed by atoms with Crippen LogP contribution < -0.4 is 14.8 Å². The predicted molar refractivity (Wildman–Crippen MR) is 126 cm³/mol. The maximum absolute atomic E-state index is 13.1. The summed E-state index contributed by atoms with van der Waals surface area (Å²) in [5.74, 6) is 1.24. The van der Waals surface area contributed by atoms with E-state index in [1.807, 2.05) is 62.6 Å². The van der Waals surface area contributed by atoms with E-state index in [1.54, 1.807) is 19.1 Å². The summed E-state index contributed by atoms with van der Waals surface area (Å²) in [5, 5.41) is 3.91. The van der Waals surface area contributed by atoms with Crippen molar-refractivity contribution in [2.75, 3.05) is 41.4 Å². The number of likely N-dealkylation sites (N-methyl/N-ethyl adjacent to an activating group) is 2. The van der Waals surface area contributed by atoms with Crippen LogP contribution in [0.15, 0.2) is 48.5 Å². The number of rotatable bonds is 7. The molecule has 6 nitrogen and oxygen atoms in total. The zero-order valence-corrected chi connectivity index (χ0v) is 19.1. The maximum atomic E-state index is 13.1. The molecule has 162 valence electrons. The summed E-state index contributed by atoms with van der Waals surface area (Å²) in [5.41, 5.74) is 2.98. The van der Waals surface area contributed by atoms with Crippen LogP contribution in [0.25, 0.3) is 22.2 Å². The van der Waals surface area contributed by atoms with Crippen molar-refractivity contribution in [1.29, 1.82) is 0 Å². The summed E-state index contributed by atoms with van der Waals surface area (Å²) in [6, 6.07) is 15.2. The van der Waals surface area contributed by atoms with Gasteiger partial charge >= 0.3 is 0 Å². The molecular formula is C22H27Cl2N3O3. The lowest BCUT2D eigenvalue weighted by atomic mass is 10.0. The van der Waals surface area contributed by atoms with E-state index in [1.165, 1.54) is 0 Å². The highest BCUT2D eigenvalue weighted by Gasteiger charge is 2.18. The Morgan fingerprint density at radius 1 is 1.03 bits per heavy atom. The fourth-order valence-electron chi connectivity index (χ4n) is 3.08. The first-order chi connectivity index (χ1) is 13.6. The van der Waals surface area contributed by atoms with Gasteiger partial charge in [-0.15, -0.1) is 24.8 Å². The number of ether oxygens (including phenoxy) is 2. The van der Waals surface area contributed by atoms with Crippen LogP contribution in [0.2, 0.25) is 0 Å². The molecule has 1 aromatic heterocycles. The van der Waals surface area contributed by atoms with Crippen molar-refractivity contribution in [3.8, 4) is 22.8 Å². The van der Waals surface area contributed by atoms with Gasteiger partial charge < -0.3 is 19.7 Å². The molecule has 30 heavy (non-hydrogen) atoms. The van der Waals surface area contributed by atoms with Crippen molar-refractivity contribution in [3.05, 3.63) is 54.1 Å². The Bertz CT molecular complexity index is 999. The van der Waals surface area contributed by atoms with Gasteiger partial charge in [-0.05, 0) is 37.4 Å². The number of hydrogen-bond donors (Lipinski definition) is 1. The molecule has 0 aliphatic heterocycles. The smallest absolute Gasteiger partial charge is 0.254 e. The van der Waals surface area contributed by atoms with Gasteiger partial charge in [0, 0.05) is 31.1 Å². The van der Waals surface area contributed by atoms with Crippen LogP contribution in [0.4, 0.5) is 0 Å². The normalized spacial score (nSPS) is 10.0. The molecule has 8 heteroatoms. The lowest BCUT2D eigenvalue weighted by molar-refractivity contribution is 0.0798. The van der Waals surface area contributed by atoms with E-state index >= 15 is 0 Å². The van der Waals surface area contributed by atoms with Gasteiger partial charge in [-0.25, -0.2) is 4.98 Å². The van der Waals surface area contributed by atoms with E-state index in [2.05, 4.69) is 5.32 Å². The summed E-state index contributed by atoms with van der Waals surface area (Å²) in [6.45, 7) is 1.35. The second kappa shape index (κ2) is 11.6. The van der Waals surface area contributed by atoms with E-state index < -0.39 is 0 Å². The molecule has 0 saturated carbocycles. The van der Waals surface area contributed by atoms with Crippen LogP contribution in [0, 0.1) is 0 Å². The molecule has 0 spiro atoms. The number of hydrogen-bond acceptors (Lipinski definition) is 5. The second-order valence-electron chi connectivity index (χ2n) is 6.47. The largest absolute Gasteiger partial charge is 0.493 e. The zero-order chi connectivity index (χ0) is 20.1. The van der Waals surface area contributed by atoms with Gasteiger partial charge in [0.05, 0.1) is 31.0 Å². The summed E-state index contributed by atoms with van der Waals surface area (Å²) in [7, 11) is 6.88. The molecular weight excluding hydrogens is 425 g/mol. The molecule has 0 saturated heterocycles. The molecule has 1 heterocycles. The Morgan fingerprint density at radius 3 is 2.40 bits per heavy atom. The standard InChI is InChI=1S/C22H25N3O3.2ClH/c1-23-11-12-25(2)22(26)17-14-19(24-18-8-6-5-7-16(17)18)15-9-10-20(27-3)21(13-15)28-4;;/h5-10,13-14,23H,11-12H2,1-4H3;2*1H. The Kier molecular flexibility index (Phi) is 9.85. The number of para-hydroxylation sites is 1. The highest BCUT2D eigenvalue weighted by atomic mass is 35.5. The van der Waals surface area contributed by atoms with Crippen LogP contribution in [0.1, 0.15) is 10.4 Å². The highest BCUT2D eigenvalue weighted by Crippen LogP contribution is 2.33. The molecule has 0 unspecified atom stereocenters. The molecule has 2 aromatic carbocycles. The first-order valence-corrected chi connectivity index (χ1v) is 9.11. The molecule has 3 rings (SSSR count). The number of halogens is 2. The van der Waals surface area contributed by atoms with Crippen molar-refractivity contribution in [2.45, 2.75) is 0 Å². The van der Waals surface area contributed by atoms with Crippen molar-refractivity contribution in [1.82, 2.24) is 15.2 Å². The first kappa shape index (κ1) is 25.5. The number of fused-ring (bicyclic) bond motifs is 1. The van der Waals surface area contributed by atoms with Crippen molar-refractivity contribution < 1.29 is 14.3 Å². The lowest BCUT2D eigenvalue weighted by Crippen LogP contribution is -2.33. The van der Waals surface area contributed by atoms with E-state index in [4.69, 9.17) is 14.5 Å². The molecule has 0 radical (unpaired) electrons. The van der Waals surface area contributed by atoms with Gasteiger partial charge in [0.2, 0.25) is 0 Å². The van der Waals surface area contributed by atoms with Crippen LogP contribution in [-0.2, 0) is 0 Å². The fraction of sp³-hybridized carbons (Fsp3) is 0.273. The van der Waals surface area contributed by atoms with Gasteiger partial charge in [0.25, 0.3) is 5.91 Å². The van der Waals surface area contributed by atoms with Crippen molar-refractivity contribution in [3.63, 3.8) is 0 Å². The molecule has 1 N–H and O–H groups in total. The minimum atomic E-state index is -0.0319. The topological polar surface area (TPSA) is 63.7 Å². The Morgan fingerprint density at radius 2 is 1.73 bits per heavy atom. The molecule has 0 atom stereocenters. The first-order valence-electron chi connectivity index (χ1n) is 9.11. The number of benzene rings is 2. The number of carbonyl (C=O) groups excluding carboxylic acids is 1. The van der Waals surface area contributed by atoms with Gasteiger partial charge in [0.1, 0.15) is 0 Å². The van der Waals surface area contributed by atoms with Crippen molar-refractivity contribution >= 4 is 41.6 Å². The van der Waals surface area contributed by atoms with E-state index in [-0.39, 0.29) is 30.7 Å². The van der Waals surface area contributed by atoms with E-state index in [9.17, 15) is 4.79 Å². The molecule has 0 aliphatic rings. The third-order valence-electron chi connectivity index (χ3n) is 4.67. The van der Waals surface area contributed by atoms with Gasteiger partial charge in [-0.1, -0.05) is 18.2 Å². The number of aromatic nitrogens is 1. The number of nitrogens with zero attached hydrogens (tertiary/aromatic N) is 2. The maximum Gasteiger partial charge on any atom is 0.254 e. The van der Waals surface area contributed by atoms with Crippen LogP contribution in [-0.4, -0.2) is 57.2 Å². The highest BCUT2D eigenvalue weighted by molar-refractivity contribution is 6.07. The zero-order valence-electron chi connectivity index (χ0n) is 17.5. The quantitative estimate of drug-likeness (QED) is 0.586. The second-order valence-corrected chi connectivity index (χ2v) is 6.47. The number of methoxy groups -OCH3 is 2. The SMILES string of the molecule is CNCCN(C)C(=O)c1cc(-c2ccc(OC)c(OC)c2)nc2ccccc12.Cl.Cl. The van der Waals surface area contributed by atoms with Crippen LogP contribution >= 0.6 is 24.8 Å². The summed E-state index contributed by atoms with van der Waals surface area (Å²) in [6.07, 6.45) is 0. The Balaban J connectivity index is 0.00000225. The summed E-state index contributed by atoms with van der Waals surface area (Å²) < 4.78 is 10.7. The Hall–Kier alpha value is -2.54. The fourth-order valence-corrected chi connectivity index (χ4v) is 3.08. The summed E-state index contributed by atoms with van der Waals surface area (Å²) in [4.78, 5) is 19.6. The molecule has 0 fully saturated rings. The molecule has 3 aromatic rings. The minimum absolute atomic E-state index is 0. The number of nitrogens with one attached hydrogen (secondary N) is 1. The van der Waals surface area contributed by atoms with E-state index in [0.717, 1.165) is 23.0 Å². The van der Waals surface area contributed by atoms with Crippen LogP contribution in [0.5, 0.6) is 11.5 Å². The molecule has 0 aliphatic carbocycles. The van der Waals surface area contributed by atoms with Gasteiger partial charge in [-0.2, -0.15) is 0 Å². The lowest BCUT2D eigenvalue weighted by Gasteiger charge is -2.19. The average Bonchev–Trinajstić information content (AvgIpc) is 2.75. The number of amides is 1. The van der Waals surface area contributed by atoms with Gasteiger partial charge in [-0.3, -0.25) is 4.79 Å². The predicted octanol–water partition coefficient (Wildman–Crippen LogP) is 4.05. The third kappa shape index (κ3) is 5.33. The van der Waals surface area contributed by atoms with E-state index in [0.29, 0.717) is 29.3 Å². The average molecular weight is 452 g/mol. The Labute approximate surface area is 189 Å².